The number of fused-ring (bicyclic) bond motifs is 1. The second kappa shape index (κ2) is 12.8. The van der Waals surface area contributed by atoms with E-state index in [4.69, 9.17) is 19.2 Å². The van der Waals surface area contributed by atoms with Gasteiger partial charge in [0.25, 0.3) is 5.56 Å². The van der Waals surface area contributed by atoms with Gasteiger partial charge in [-0.25, -0.2) is 4.98 Å². The maximum atomic E-state index is 13.6. The highest BCUT2D eigenvalue weighted by atomic mass is 32.2. The smallest absolute Gasteiger partial charge is 0.262 e. The summed E-state index contributed by atoms with van der Waals surface area (Å²) in [6.45, 7) is 3.36. The number of hydrogen-bond donors (Lipinski definition) is 1. The molecule has 3 rings (SSSR count). The van der Waals surface area contributed by atoms with Crippen molar-refractivity contribution in [2.45, 2.75) is 62.4 Å². The largest absolute Gasteiger partial charge is 0.493 e. The second-order valence-corrected chi connectivity index (χ2v) is 9.40. The van der Waals surface area contributed by atoms with Gasteiger partial charge in [-0.1, -0.05) is 30.3 Å². The summed E-state index contributed by atoms with van der Waals surface area (Å²) in [6, 6.07) is 3.40. The topological polar surface area (TPSA) is 91.7 Å². The predicted octanol–water partition coefficient (Wildman–Crippen LogP) is 3.94. The Labute approximate surface area is 205 Å². The van der Waals surface area contributed by atoms with Gasteiger partial charge in [0, 0.05) is 26.3 Å². The van der Waals surface area contributed by atoms with Crippen LogP contribution in [0.3, 0.4) is 0 Å². The standard InChI is InChI=1S/C25H35N3O5S/c1-5-22(23(29)26-12-14-31-2)34-25-27-19-16-21(33-4)20(32-3)15-18(19)24(30)28(25)13-11-17-9-7-6-8-10-17/h9,15-16,22H,5-8,10-14H2,1-4H3,(H,26,29)/t22-/m1/s1. The molecule has 1 aromatic heterocycles. The normalized spacial score (nSPS) is 14.5. The molecule has 1 aliphatic carbocycles. The van der Waals surface area contributed by atoms with Crippen molar-refractivity contribution in [3.05, 3.63) is 34.1 Å². The van der Waals surface area contributed by atoms with E-state index in [2.05, 4.69) is 11.4 Å². The summed E-state index contributed by atoms with van der Waals surface area (Å²) in [4.78, 5) is 31.2. The summed E-state index contributed by atoms with van der Waals surface area (Å²) >= 11 is 1.33. The molecule has 0 spiro atoms. The average molecular weight is 490 g/mol. The van der Waals surface area contributed by atoms with Gasteiger partial charge in [-0.15, -0.1) is 0 Å². The van der Waals surface area contributed by atoms with Gasteiger partial charge >= 0.3 is 0 Å². The molecule has 1 N–H and O–H groups in total. The van der Waals surface area contributed by atoms with Crippen LogP contribution in [0.15, 0.2) is 33.7 Å². The first-order valence-corrected chi connectivity index (χ1v) is 12.7. The molecule has 1 aliphatic rings. The number of rotatable bonds is 12. The van der Waals surface area contributed by atoms with Gasteiger partial charge in [-0.3, -0.25) is 14.2 Å². The summed E-state index contributed by atoms with van der Waals surface area (Å²) < 4.78 is 17.6. The highest BCUT2D eigenvalue weighted by molar-refractivity contribution is 8.00. The Morgan fingerprint density at radius 3 is 2.62 bits per heavy atom. The molecule has 0 radical (unpaired) electrons. The minimum Gasteiger partial charge on any atom is -0.493 e. The van der Waals surface area contributed by atoms with Crippen LogP contribution in [0.1, 0.15) is 45.4 Å². The zero-order valence-electron chi connectivity index (χ0n) is 20.5. The Hall–Kier alpha value is -2.52. The first-order valence-electron chi connectivity index (χ1n) is 11.8. The molecule has 0 saturated heterocycles. The van der Waals surface area contributed by atoms with Crippen LogP contribution in [0.25, 0.3) is 10.9 Å². The fourth-order valence-corrected chi connectivity index (χ4v) is 5.11. The molecule has 0 bridgehead atoms. The van der Waals surface area contributed by atoms with Crippen LogP contribution >= 0.6 is 11.8 Å². The maximum Gasteiger partial charge on any atom is 0.262 e. The number of hydrogen-bond acceptors (Lipinski definition) is 7. The van der Waals surface area contributed by atoms with Gasteiger partial charge in [0.2, 0.25) is 5.91 Å². The fourth-order valence-electron chi connectivity index (χ4n) is 4.04. The Morgan fingerprint density at radius 1 is 1.21 bits per heavy atom. The number of methoxy groups -OCH3 is 3. The fraction of sp³-hybridized carbons (Fsp3) is 0.560. The number of thioether (sulfide) groups is 1. The van der Waals surface area contributed by atoms with E-state index in [9.17, 15) is 9.59 Å². The van der Waals surface area contributed by atoms with Crippen LogP contribution in [0.5, 0.6) is 11.5 Å². The molecule has 2 aromatic rings. The van der Waals surface area contributed by atoms with E-state index in [0.717, 1.165) is 19.3 Å². The Morgan fingerprint density at radius 2 is 1.97 bits per heavy atom. The predicted molar refractivity (Wildman–Crippen MR) is 135 cm³/mol. The van der Waals surface area contributed by atoms with E-state index < -0.39 is 0 Å². The zero-order chi connectivity index (χ0) is 24.5. The first-order chi connectivity index (χ1) is 16.5. The van der Waals surface area contributed by atoms with Gasteiger partial charge in [-0.05, 0) is 44.6 Å². The number of aromatic nitrogens is 2. The minimum absolute atomic E-state index is 0.0900. The molecule has 9 heteroatoms. The van der Waals surface area contributed by atoms with Gasteiger partial charge in [0.15, 0.2) is 16.7 Å². The van der Waals surface area contributed by atoms with Crippen LogP contribution < -0.4 is 20.3 Å². The van der Waals surface area contributed by atoms with Crippen molar-refractivity contribution in [1.82, 2.24) is 14.9 Å². The summed E-state index contributed by atoms with van der Waals surface area (Å²) in [5.74, 6) is 0.903. The van der Waals surface area contributed by atoms with Crippen molar-refractivity contribution in [2.75, 3.05) is 34.5 Å². The maximum absolute atomic E-state index is 13.6. The number of benzene rings is 1. The highest BCUT2D eigenvalue weighted by Gasteiger charge is 2.23. The van der Waals surface area contributed by atoms with Crippen LogP contribution in [0.4, 0.5) is 0 Å². The van der Waals surface area contributed by atoms with Gasteiger partial charge < -0.3 is 19.5 Å². The van der Waals surface area contributed by atoms with Crippen molar-refractivity contribution in [1.29, 1.82) is 0 Å². The molecule has 0 saturated carbocycles. The molecule has 1 aromatic carbocycles. The van der Waals surface area contributed by atoms with Gasteiger partial charge in [0.1, 0.15) is 0 Å². The summed E-state index contributed by atoms with van der Waals surface area (Å²) in [6.07, 6.45) is 8.27. The number of carbonyl (C=O) groups excluding carboxylic acids is 1. The lowest BCUT2D eigenvalue weighted by atomic mass is 9.97. The summed E-state index contributed by atoms with van der Waals surface area (Å²) in [5.41, 5.74) is 1.76. The molecule has 0 aliphatic heterocycles. The number of carbonyl (C=O) groups is 1. The quantitative estimate of drug-likeness (QED) is 0.209. The lowest BCUT2D eigenvalue weighted by molar-refractivity contribution is -0.120. The monoisotopic (exact) mass is 489 g/mol. The van der Waals surface area contributed by atoms with Crippen molar-refractivity contribution in [2.24, 2.45) is 0 Å². The van der Waals surface area contributed by atoms with E-state index in [1.165, 1.54) is 30.2 Å². The van der Waals surface area contributed by atoms with Gasteiger partial charge in [0.05, 0.1) is 37.0 Å². The molecule has 1 amide bonds. The average Bonchev–Trinajstić information content (AvgIpc) is 2.86. The number of nitrogens with one attached hydrogen (secondary N) is 1. The third kappa shape index (κ3) is 6.33. The zero-order valence-corrected chi connectivity index (χ0v) is 21.3. The molecule has 1 heterocycles. The van der Waals surface area contributed by atoms with Gasteiger partial charge in [-0.2, -0.15) is 0 Å². The van der Waals surface area contributed by atoms with E-state index in [1.807, 2.05) is 6.92 Å². The minimum atomic E-state index is -0.374. The molecule has 8 nitrogen and oxygen atoms in total. The van der Waals surface area contributed by atoms with Crippen molar-refractivity contribution >= 4 is 28.6 Å². The molecule has 1 atom stereocenters. The van der Waals surface area contributed by atoms with E-state index >= 15 is 0 Å². The number of allylic oxidation sites excluding steroid dienone is 2. The van der Waals surface area contributed by atoms with Crippen molar-refractivity contribution < 1.29 is 19.0 Å². The molecule has 34 heavy (non-hydrogen) atoms. The van der Waals surface area contributed by atoms with Crippen LogP contribution in [-0.2, 0) is 16.1 Å². The third-order valence-corrected chi connectivity index (χ3v) is 7.34. The first kappa shape index (κ1) is 26.1. The lowest BCUT2D eigenvalue weighted by Gasteiger charge is -2.19. The van der Waals surface area contributed by atoms with Crippen LogP contribution in [0.2, 0.25) is 0 Å². The third-order valence-electron chi connectivity index (χ3n) is 5.98. The molecule has 0 fully saturated rings. The van der Waals surface area contributed by atoms with E-state index in [1.54, 1.807) is 38.0 Å². The Balaban J connectivity index is 2.00. The summed E-state index contributed by atoms with van der Waals surface area (Å²) in [5, 5.41) is 3.53. The van der Waals surface area contributed by atoms with E-state index in [-0.39, 0.29) is 16.7 Å². The Bertz CT molecular complexity index is 1080. The molecule has 0 unspecified atom stereocenters. The second-order valence-electron chi connectivity index (χ2n) is 8.23. The molecule has 186 valence electrons. The number of nitrogens with zero attached hydrogens (tertiary/aromatic N) is 2. The van der Waals surface area contributed by atoms with Crippen LogP contribution in [-0.4, -0.2) is 55.2 Å². The summed E-state index contributed by atoms with van der Waals surface area (Å²) in [7, 11) is 4.69. The number of ether oxygens (including phenoxy) is 3. The Kier molecular flexibility index (Phi) is 9.83. The SMILES string of the molecule is CC[C@@H](Sc1nc2cc(OC)c(OC)cc2c(=O)n1CCC1=CCCCC1)C(=O)NCCOC. The molecular weight excluding hydrogens is 454 g/mol. The van der Waals surface area contributed by atoms with Crippen molar-refractivity contribution in [3.63, 3.8) is 0 Å². The lowest BCUT2D eigenvalue weighted by Crippen LogP contribution is -2.35. The van der Waals surface area contributed by atoms with E-state index in [0.29, 0.717) is 53.7 Å². The molecular formula is C25H35N3O5S. The number of amides is 1. The van der Waals surface area contributed by atoms with Crippen molar-refractivity contribution in [3.8, 4) is 11.5 Å². The highest BCUT2D eigenvalue weighted by Crippen LogP contribution is 2.32. The van der Waals surface area contributed by atoms with Crippen LogP contribution in [0, 0.1) is 0 Å².